The molecule has 1 aromatic heterocycles. The lowest BCUT2D eigenvalue weighted by Gasteiger charge is -2.17. The number of likely N-dealkylation sites (N-methyl/N-ethyl adjacent to an activating group) is 1. The topological polar surface area (TPSA) is 28.2 Å². The molecule has 1 heterocycles. The van der Waals surface area contributed by atoms with Crippen molar-refractivity contribution in [3.8, 4) is 11.3 Å². The Balaban J connectivity index is 0.00000264. The summed E-state index contributed by atoms with van der Waals surface area (Å²) in [6, 6.07) is 4.46. The zero-order chi connectivity index (χ0) is 16.1. The van der Waals surface area contributed by atoms with Crippen LogP contribution >= 0.6 is 36.2 Å². The molecule has 0 atom stereocenters. The van der Waals surface area contributed by atoms with Crippen molar-refractivity contribution in [2.24, 2.45) is 0 Å². The van der Waals surface area contributed by atoms with Crippen LogP contribution in [0.5, 0.6) is 0 Å². The minimum atomic E-state index is 0. The number of aromatic nitrogens is 1. The fourth-order valence-corrected chi connectivity index (χ4v) is 3.64. The summed E-state index contributed by atoms with van der Waals surface area (Å²) < 4.78 is 0. The molecule has 24 heavy (non-hydrogen) atoms. The van der Waals surface area contributed by atoms with Gasteiger partial charge in [-0.15, -0.1) is 36.2 Å². The van der Waals surface area contributed by atoms with E-state index in [1.54, 1.807) is 11.3 Å². The van der Waals surface area contributed by atoms with E-state index in [0.717, 1.165) is 37.0 Å². The van der Waals surface area contributed by atoms with Gasteiger partial charge in [-0.1, -0.05) is 31.5 Å². The zero-order valence-corrected chi connectivity index (χ0v) is 17.6. The van der Waals surface area contributed by atoms with Crippen LogP contribution in [0.1, 0.15) is 30.5 Å². The molecule has 2 rings (SSSR count). The summed E-state index contributed by atoms with van der Waals surface area (Å²) in [5.74, 6) is 0. The summed E-state index contributed by atoms with van der Waals surface area (Å²) >= 11 is 1.69. The standard InChI is InChI=1S/C18H27N3S.2ClH/c1-6-21(7-2)9-8-19-18-20-16(12-22-18)17-14(4)10-13(3)11-15(17)5;;/h10-12H,6-9H2,1-5H3,(H,19,20);2*1H. The Labute approximate surface area is 162 Å². The van der Waals surface area contributed by atoms with Crippen molar-refractivity contribution in [3.05, 3.63) is 34.2 Å². The molecule has 1 N–H and O–H groups in total. The first-order valence-electron chi connectivity index (χ1n) is 8.05. The molecular formula is C18H29Cl2N3S. The number of nitrogens with one attached hydrogen (secondary N) is 1. The lowest BCUT2D eigenvalue weighted by Crippen LogP contribution is -2.28. The van der Waals surface area contributed by atoms with Crippen LogP contribution in [0.4, 0.5) is 5.13 Å². The largest absolute Gasteiger partial charge is 0.360 e. The van der Waals surface area contributed by atoms with Crippen LogP contribution in [0.3, 0.4) is 0 Å². The molecule has 0 saturated carbocycles. The van der Waals surface area contributed by atoms with Crippen LogP contribution in [0, 0.1) is 20.8 Å². The Morgan fingerprint density at radius 3 is 2.17 bits per heavy atom. The van der Waals surface area contributed by atoms with Gasteiger partial charge < -0.3 is 10.2 Å². The highest BCUT2D eigenvalue weighted by Crippen LogP contribution is 2.30. The summed E-state index contributed by atoms with van der Waals surface area (Å²) in [5.41, 5.74) is 6.28. The second-order valence-corrected chi connectivity index (χ2v) is 6.62. The summed E-state index contributed by atoms with van der Waals surface area (Å²) in [5, 5.41) is 6.62. The fourth-order valence-electron chi connectivity index (χ4n) is 2.91. The first-order chi connectivity index (χ1) is 10.5. The Morgan fingerprint density at radius 2 is 1.62 bits per heavy atom. The molecule has 0 fully saturated rings. The third kappa shape index (κ3) is 5.92. The predicted octanol–water partition coefficient (Wildman–Crippen LogP) is 5.33. The molecule has 0 radical (unpaired) electrons. The predicted molar refractivity (Wildman–Crippen MR) is 113 cm³/mol. The molecule has 2 aromatic rings. The monoisotopic (exact) mass is 389 g/mol. The second kappa shape index (κ2) is 10.9. The van der Waals surface area contributed by atoms with Gasteiger partial charge in [-0.3, -0.25) is 0 Å². The molecule has 0 amide bonds. The Kier molecular flexibility index (Phi) is 10.6. The number of nitrogens with zero attached hydrogens (tertiary/aromatic N) is 2. The van der Waals surface area contributed by atoms with Gasteiger partial charge in [0.1, 0.15) is 0 Å². The van der Waals surface area contributed by atoms with E-state index in [-0.39, 0.29) is 24.8 Å². The molecule has 1 aromatic carbocycles. The van der Waals surface area contributed by atoms with Gasteiger partial charge in [0.25, 0.3) is 0 Å². The number of hydrogen-bond donors (Lipinski definition) is 1. The zero-order valence-electron chi connectivity index (χ0n) is 15.2. The molecule has 0 saturated heterocycles. The van der Waals surface area contributed by atoms with Crippen LogP contribution in [-0.4, -0.2) is 36.1 Å². The van der Waals surface area contributed by atoms with E-state index in [4.69, 9.17) is 4.98 Å². The number of halogens is 2. The maximum Gasteiger partial charge on any atom is 0.183 e. The van der Waals surface area contributed by atoms with Crippen LogP contribution in [0.25, 0.3) is 11.3 Å². The Morgan fingerprint density at radius 1 is 1.04 bits per heavy atom. The third-order valence-corrected chi connectivity index (χ3v) is 4.84. The minimum Gasteiger partial charge on any atom is -0.360 e. The van der Waals surface area contributed by atoms with Gasteiger partial charge in [-0.2, -0.15) is 0 Å². The molecule has 136 valence electrons. The van der Waals surface area contributed by atoms with Gasteiger partial charge in [-0.25, -0.2) is 4.98 Å². The lowest BCUT2D eigenvalue weighted by molar-refractivity contribution is 0.316. The Bertz CT molecular complexity index is 601. The fraction of sp³-hybridized carbons (Fsp3) is 0.500. The van der Waals surface area contributed by atoms with Crippen molar-refractivity contribution >= 4 is 41.3 Å². The normalized spacial score (nSPS) is 10.2. The van der Waals surface area contributed by atoms with Crippen LogP contribution in [0.2, 0.25) is 0 Å². The van der Waals surface area contributed by atoms with Gasteiger partial charge in [0.05, 0.1) is 5.69 Å². The van der Waals surface area contributed by atoms with Crippen LogP contribution in [0.15, 0.2) is 17.5 Å². The van der Waals surface area contributed by atoms with E-state index in [9.17, 15) is 0 Å². The molecule has 0 bridgehead atoms. The van der Waals surface area contributed by atoms with Crippen molar-refractivity contribution < 1.29 is 0 Å². The number of thiazole rings is 1. The summed E-state index contributed by atoms with van der Waals surface area (Å²) in [4.78, 5) is 7.18. The van der Waals surface area contributed by atoms with Crippen molar-refractivity contribution in [2.75, 3.05) is 31.5 Å². The molecule has 0 unspecified atom stereocenters. The number of anilines is 1. The minimum absolute atomic E-state index is 0. The third-order valence-electron chi connectivity index (χ3n) is 4.04. The molecule has 0 aliphatic heterocycles. The molecule has 3 nitrogen and oxygen atoms in total. The average molecular weight is 390 g/mol. The van der Waals surface area contributed by atoms with Crippen LogP contribution < -0.4 is 5.32 Å². The maximum absolute atomic E-state index is 4.77. The summed E-state index contributed by atoms with van der Waals surface area (Å²) in [7, 11) is 0. The lowest BCUT2D eigenvalue weighted by atomic mass is 9.98. The second-order valence-electron chi connectivity index (χ2n) is 5.77. The molecular weight excluding hydrogens is 361 g/mol. The number of rotatable bonds is 7. The van der Waals surface area contributed by atoms with E-state index in [2.05, 4.69) is 62.3 Å². The van der Waals surface area contributed by atoms with E-state index in [0.29, 0.717) is 0 Å². The van der Waals surface area contributed by atoms with E-state index >= 15 is 0 Å². The molecule has 0 aliphatic rings. The van der Waals surface area contributed by atoms with Gasteiger partial charge in [0, 0.05) is 24.0 Å². The van der Waals surface area contributed by atoms with Crippen molar-refractivity contribution in [2.45, 2.75) is 34.6 Å². The highest BCUT2D eigenvalue weighted by molar-refractivity contribution is 7.14. The van der Waals surface area contributed by atoms with Crippen molar-refractivity contribution in [1.29, 1.82) is 0 Å². The number of benzene rings is 1. The van der Waals surface area contributed by atoms with Gasteiger partial charge >= 0.3 is 0 Å². The first-order valence-corrected chi connectivity index (χ1v) is 8.93. The quantitative estimate of drug-likeness (QED) is 0.692. The van der Waals surface area contributed by atoms with E-state index in [1.807, 2.05) is 0 Å². The van der Waals surface area contributed by atoms with Crippen molar-refractivity contribution in [3.63, 3.8) is 0 Å². The first kappa shape index (κ1) is 23.2. The summed E-state index contributed by atoms with van der Waals surface area (Å²) in [6.45, 7) is 15.1. The van der Waals surface area contributed by atoms with Crippen molar-refractivity contribution in [1.82, 2.24) is 9.88 Å². The molecule has 0 aliphatic carbocycles. The SMILES string of the molecule is CCN(CC)CCNc1nc(-c2c(C)cc(C)cc2C)cs1.Cl.Cl. The van der Waals surface area contributed by atoms with Gasteiger partial charge in [0.15, 0.2) is 5.13 Å². The average Bonchev–Trinajstić information content (AvgIpc) is 2.91. The smallest absolute Gasteiger partial charge is 0.183 e. The maximum atomic E-state index is 4.77. The van der Waals surface area contributed by atoms with E-state index in [1.165, 1.54) is 22.3 Å². The van der Waals surface area contributed by atoms with Crippen LogP contribution in [-0.2, 0) is 0 Å². The molecule has 0 spiro atoms. The summed E-state index contributed by atoms with van der Waals surface area (Å²) in [6.07, 6.45) is 0. The van der Waals surface area contributed by atoms with E-state index < -0.39 is 0 Å². The highest BCUT2D eigenvalue weighted by Gasteiger charge is 2.10. The molecule has 6 heteroatoms. The highest BCUT2D eigenvalue weighted by atomic mass is 35.5. The van der Waals surface area contributed by atoms with Gasteiger partial charge in [-0.05, 0) is 45.0 Å². The number of aryl methyl sites for hydroxylation is 3. The Hall–Kier alpha value is -0.810. The van der Waals surface area contributed by atoms with Gasteiger partial charge in [0.2, 0.25) is 0 Å². The number of hydrogen-bond acceptors (Lipinski definition) is 4.